The third kappa shape index (κ3) is 4.54. The Balaban J connectivity index is 1.57. The summed E-state index contributed by atoms with van der Waals surface area (Å²) in [5.41, 5.74) is 2.47. The molecule has 3 aromatic rings. The van der Waals surface area contributed by atoms with E-state index in [-0.39, 0.29) is 10.8 Å². The van der Waals surface area contributed by atoms with Gasteiger partial charge in [-0.3, -0.25) is 4.79 Å². The highest BCUT2D eigenvalue weighted by atomic mass is 32.2. The molecule has 0 aliphatic rings. The molecular weight excluding hydrogens is 352 g/mol. The van der Waals surface area contributed by atoms with Crippen LogP contribution < -0.4 is 5.32 Å². The first-order chi connectivity index (χ1) is 12.4. The van der Waals surface area contributed by atoms with Gasteiger partial charge in [-0.2, -0.15) is 5.10 Å². The van der Waals surface area contributed by atoms with Gasteiger partial charge in [0.05, 0.1) is 11.4 Å². The van der Waals surface area contributed by atoms with Crippen LogP contribution in [0.2, 0.25) is 0 Å². The van der Waals surface area contributed by atoms with Crippen molar-refractivity contribution in [2.24, 2.45) is 0 Å². The van der Waals surface area contributed by atoms with Crippen molar-refractivity contribution in [1.29, 1.82) is 0 Å². The first-order valence-electron chi connectivity index (χ1n) is 7.90. The minimum Gasteiger partial charge on any atom is -0.348 e. The number of hydrogen-bond donors (Lipinski definition) is 1. The number of amides is 1. The van der Waals surface area contributed by atoms with Crippen molar-refractivity contribution < 1.29 is 13.2 Å². The van der Waals surface area contributed by atoms with Crippen molar-refractivity contribution >= 4 is 15.7 Å². The summed E-state index contributed by atoms with van der Waals surface area (Å²) in [5.74, 6) is -0.253. The van der Waals surface area contributed by atoms with Crippen LogP contribution in [0.15, 0.2) is 66.1 Å². The number of benzene rings is 2. The van der Waals surface area contributed by atoms with E-state index in [2.05, 4.69) is 15.4 Å². The number of carbonyl (C=O) groups excluding carboxylic acids is 1. The van der Waals surface area contributed by atoms with Crippen molar-refractivity contribution in [3.05, 3.63) is 77.9 Å². The highest BCUT2D eigenvalue weighted by molar-refractivity contribution is 7.90. The molecule has 0 bridgehead atoms. The summed E-state index contributed by atoms with van der Waals surface area (Å²) >= 11 is 0. The van der Waals surface area contributed by atoms with Crippen LogP contribution in [0, 0.1) is 0 Å². The van der Waals surface area contributed by atoms with Crippen LogP contribution in [0.1, 0.15) is 21.5 Å². The molecule has 0 radical (unpaired) electrons. The summed E-state index contributed by atoms with van der Waals surface area (Å²) in [6.45, 7) is 1.02. The summed E-state index contributed by atoms with van der Waals surface area (Å²) in [7, 11) is -3.27. The van der Waals surface area contributed by atoms with Gasteiger partial charge >= 0.3 is 0 Å². The lowest BCUT2D eigenvalue weighted by Crippen LogP contribution is -2.22. The first kappa shape index (κ1) is 17.8. The van der Waals surface area contributed by atoms with E-state index in [4.69, 9.17) is 0 Å². The van der Waals surface area contributed by atoms with Gasteiger partial charge in [-0.1, -0.05) is 24.3 Å². The fourth-order valence-electron chi connectivity index (χ4n) is 2.40. The molecule has 134 valence electrons. The lowest BCUT2D eigenvalue weighted by molar-refractivity contribution is 0.0951. The molecule has 0 atom stereocenters. The van der Waals surface area contributed by atoms with E-state index in [1.165, 1.54) is 30.6 Å². The van der Waals surface area contributed by atoms with Crippen molar-refractivity contribution in [1.82, 2.24) is 20.1 Å². The zero-order valence-corrected chi connectivity index (χ0v) is 15.0. The molecule has 2 aromatic carbocycles. The van der Waals surface area contributed by atoms with Crippen LogP contribution in [0.4, 0.5) is 0 Å². The quantitative estimate of drug-likeness (QED) is 0.712. The average molecular weight is 370 g/mol. The summed E-state index contributed by atoms with van der Waals surface area (Å²) < 4.78 is 24.6. The monoisotopic (exact) mass is 370 g/mol. The lowest BCUT2D eigenvalue weighted by Gasteiger charge is -2.07. The van der Waals surface area contributed by atoms with Gasteiger partial charge in [0.25, 0.3) is 5.91 Å². The molecule has 8 heteroatoms. The maximum atomic E-state index is 12.2. The number of hydrogen-bond acceptors (Lipinski definition) is 5. The second kappa shape index (κ2) is 7.49. The molecule has 1 aromatic heterocycles. The van der Waals surface area contributed by atoms with Gasteiger partial charge in [-0.15, -0.1) is 0 Å². The third-order valence-corrected chi connectivity index (χ3v) is 4.96. The number of sulfone groups is 1. The van der Waals surface area contributed by atoms with Gasteiger partial charge in [-0.25, -0.2) is 18.1 Å². The first-order valence-corrected chi connectivity index (χ1v) is 9.79. The minimum atomic E-state index is -3.27. The Bertz CT molecular complexity index is 980. The molecule has 3 rings (SSSR count). The van der Waals surface area contributed by atoms with Crippen molar-refractivity contribution in [3.63, 3.8) is 0 Å². The topological polar surface area (TPSA) is 94.0 Å². The predicted octanol–water partition coefficient (Wildman–Crippen LogP) is 1.66. The maximum Gasteiger partial charge on any atom is 0.251 e. The number of aromatic nitrogens is 3. The van der Waals surface area contributed by atoms with Gasteiger partial charge in [0.1, 0.15) is 12.7 Å². The highest BCUT2D eigenvalue weighted by Crippen LogP contribution is 2.11. The third-order valence-electron chi connectivity index (χ3n) is 3.83. The number of nitrogens with zero attached hydrogens (tertiary/aromatic N) is 3. The van der Waals surface area contributed by atoms with E-state index in [1.54, 1.807) is 11.0 Å². The van der Waals surface area contributed by atoms with Crippen molar-refractivity contribution in [2.75, 3.05) is 6.26 Å². The molecule has 26 heavy (non-hydrogen) atoms. The van der Waals surface area contributed by atoms with Gasteiger partial charge in [0.15, 0.2) is 9.84 Å². The summed E-state index contributed by atoms with van der Waals surface area (Å²) in [4.78, 5) is 16.3. The Morgan fingerprint density at radius 1 is 1.04 bits per heavy atom. The average Bonchev–Trinajstić information content (AvgIpc) is 3.13. The van der Waals surface area contributed by atoms with E-state index in [9.17, 15) is 13.2 Å². The largest absolute Gasteiger partial charge is 0.348 e. The lowest BCUT2D eigenvalue weighted by atomic mass is 10.1. The molecule has 1 heterocycles. The van der Waals surface area contributed by atoms with E-state index in [0.29, 0.717) is 18.7 Å². The van der Waals surface area contributed by atoms with Crippen LogP contribution in [0.25, 0.3) is 0 Å². The fourth-order valence-corrected chi connectivity index (χ4v) is 3.03. The zero-order chi connectivity index (χ0) is 18.6. The second-order valence-corrected chi connectivity index (χ2v) is 7.90. The molecule has 0 unspecified atom stereocenters. The van der Waals surface area contributed by atoms with E-state index in [1.807, 2.05) is 24.3 Å². The van der Waals surface area contributed by atoms with Gasteiger partial charge in [0.2, 0.25) is 0 Å². The van der Waals surface area contributed by atoms with E-state index >= 15 is 0 Å². The Morgan fingerprint density at radius 2 is 1.69 bits per heavy atom. The van der Waals surface area contributed by atoms with E-state index < -0.39 is 9.84 Å². The molecule has 0 spiro atoms. The smallest absolute Gasteiger partial charge is 0.251 e. The Kier molecular flexibility index (Phi) is 5.13. The zero-order valence-electron chi connectivity index (χ0n) is 14.2. The Morgan fingerprint density at radius 3 is 2.27 bits per heavy atom. The molecule has 7 nitrogen and oxygen atoms in total. The SMILES string of the molecule is CS(=O)(=O)c1ccc(C(=O)NCc2ccc(Cn3cncn3)cc2)cc1. The second-order valence-electron chi connectivity index (χ2n) is 5.89. The van der Waals surface area contributed by atoms with E-state index in [0.717, 1.165) is 17.4 Å². The number of rotatable bonds is 6. The van der Waals surface area contributed by atoms with Gasteiger partial charge < -0.3 is 5.32 Å². The number of nitrogens with one attached hydrogen (secondary N) is 1. The van der Waals surface area contributed by atoms with Gasteiger partial charge in [-0.05, 0) is 35.4 Å². The minimum absolute atomic E-state index is 0.192. The van der Waals surface area contributed by atoms with Crippen LogP contribution in [-0.4, -0.2) is 35.3 Å². The van der Waals surface area contributed by atoms with Crippen molar-refractivity contribution in [2.45, 2.75) is 18.0 Å². The highest BCUT2D eigenvalue weighted by Gasteiger charge is 2.09. The van der Waals surface area contributed by atoms with Crippen LogP contribution in [0.5, 0.6) is 0 Å². The summed E-state index contributed by atoms with van der Waals surface area (Å²) in [6.07, 6.45) is 4.28. The predicted molar refractivity (Wildman–Crippen MR) is 96.3 cm³/mol. The molecule has 0 fully saturated rings. The molecule has 1 amide bonds. The van der Waals surface area contributed by atoms with Crippen molar-refractivity contribution in [3.8, 4) is 0 Å². The maximum absolute atomic E-state index is 12.2. The summed E-state index contributed by atoms with van der Waals surface area (Å²) in [6, 6.07) is 13.7. The van der Waals surface area contributed by atoms with Crippen LogP contribution >= 0.6 is 0 Å². The normalized spacial score (nSPS) is 11.3. The fraction of sp³-hybridized carbons (Fsp3) is 0.167. The molecule has 0 saturated heterocycles. The molecule has 0 aliphatic heterocycles. The molecular formula is C18H18N4O3S. The molecule has 0 aliphatic carbocycles. The standard InChI is InChI=1S/C18H18N4O3S/c1-26(24,25)17-8-6-16(7-9-17)18(23)20-10-14-2-4-15(5-3-14)11-22-13-19-12-21-22/h2-9,12-13H,10-11H2,1H3,(H,20,23). The Labute approximate surface area is 151 Å². The van der Waals surface area contributed by atoms with Crippen LogP contribution in [-0.2, 0) is 22.9 Å². The molecule has 0 saturated carbocycles. The Hall–Kier alpha value is -3.00. The van der Waals surface area contributed by atoms with Crippen LogP contribution in [0.3, 0.4) is 0 Å². The number of carbonyl (C=O) groups is 1. The van der Waals surface area contributed by atoms with Gasteiger partial charge in [0, 0.05) is 18.4 Å². The molecule has 1 N–H and O–H groups in total. The summed E-state index contributed by atoms with van der Waals surface area (Å²) in [5, 5.41) is 6.88.